The van der Waals surface area contributed by atoms with Gasteiger partial charge in [0.25, 0.3) is 0 Å². The number of nitrogens with one attached hydrogen (secondary N) is 1. The standard InChI is InChI=1S/C9H15F3N2O2.ClH/c10-9(11,12)5-16-4-8(15)14-7(3-13)6-1-2-6;/h6-7H,1-5,13H2,(H,14,15);1H. The van der Waals surface area contributed by atoms with Crippen LogP contribution in [-0.4, -0.2) is 37.9 Å². The number of halogens is 4. The lowest BCUT2D eigenvalue weighted by Gasteiger charge is -2.16. The second-order valence-corrected chi connectivity index (χ2v) is 3.86. The van der Waals surface area contributed by atoms with Gasteiger partial charge < -0.3 is 15.8 Å². The summed E-state index contributed by atoms with van der Waals surface area (Å²) in [7, 11) is 0. The molecule has 0 bridgehead atoms. The third-order valence-corrected chi connectivity index (χ3v) is 2.29. The number of carbonyl (C=O) groups is 1. The third kappa shape index (κ3) is 7.40. The maximum atomic E-state index is 11.7. The minimum absolute atomic E-state index is 0. The van der Waals surface area contributed by atoms with Gasteiger partial charge in [-0.1, -0.05) is 0 Å². The summed E-state index contributed by atoms with van der Waals surface area (Å²) < 4.78 is 39.3. The molecule has 1 rings (SSSR count). The Morgan fingerprint density at radius 1 is 1.47 bits per heavy atom. The van der Waals surface area contributed by atoms with Crippen LogP contribution in [-0.2, 0) is 9.53 Å². The molecular formula is C9H16ClF3N2O2. The topological polar surface area (TPSA) is 64.3 Å². The molecule has 4 nitrogen and oxygen atoms in total. The van der Waals surface area contributed by atoms with E-state index in [9.17, 15) is 18.0 Å². The SMILES string of the molecule is Cl.NCC(NC(=O)COCC(F)(F)F)C1CC1. The van der Waals surface area contributed by atoms with Gasteiger partial charge in [-0.15, -0.1) is 12.4 Å². The van der Waals surface area contributed by atoms with Gasteiger partial charge in [-0.3, -0.25) is 4.79 Å². The predicted octanol–water partition coefficient (Wildman–Crippen LogP) is 0.841. The zero-order chi connectivity index (χ0) is 12.2. The van der Waals surface area contributed by atoms with E-state index in [2.05, 4.69) is 10.1 Å². The summed E-state index contributed by atoms with van der Waals surface area (Å²) >= 11 is 0. The van der Waals surface area contributed by atoms with Crippen molar-refractivity contribution < 1.29 is 22.7 Å². The van der Waals surface area contributed by atoms with Crippen molar-refractivity contribution in [2.75, 3.05) is 19.8 Å². The van der Waals surface area contributed by atoms with Crippen molar-refractivity contribution in [3.8, 4) is 0 Å². The molecule has 1 saturated carbocycles. The molecule has 1 aliphatic rings. The number of rotatable bonds is 6. The van der Waals surface area contributed by atoms with Gasteiger partial charge in [0, 0.05) is 12.6 Å². The maximum absolute atomic E-state index is 11.7. The summed E-state index contributed by atoms with van der Waals surface area (Å²) in [6.07, 6.45) is -2.39. The second-order valence-electron chi connectivity index (χ2n) is 3.86. The summed E-state index contributed by atoms with van der Waals surface area (Å²) in [6.45, 7) is -1.68. The summed E-state index contributed by atoms with van der Waals surface area (Å²) in [6, 6.07) is -0.137. The van der Waals surface area contributed by atoms with Gasteiger partial charge in [0.2, 0.25) is 5.91 Å². The Morgan fingerprint density at radius 3 is 2.47 bits per heavy atom. The molecule has 102 valence electrons. The highest BCUT2D eigenvalue weighted by molar-refractivity contribution is 5.85. The van der Waals surface area contributed by atoms with Crippen LogP contribution in [0.5, 0.6) is 0 Å². The minimum Gasteiger partial charge on any atom is -0.362 e. The Balaban J connectivity index is 0.00000256. The number of carbonyl (C=O) groups excluding carboxylic acids is 1. The van der Waals surface area contributed by atoms with E-state index < -0.39 is 25.3 Å². The van der Waals surface area contributed by atoms with E-state index in [1.807, 2.05) is 0 Å². The fraction of sp³-hybridized carbons (Fsp3) is 0.889. The monoisotopic (exact) mass is 276 g/mol. The molecule has 1 amide bonds. The first kappa shape index (κ1) is 16.5. The van der Waals surface area contributed by atoms with Crippen molar-refractivity contribution in [2.24, 2.45) is 11.7 Å². The van der Waals surface area contributed by atoms with E-state index in [1.165, 1.54) is 0 Å². The van der Waals surface area contributed by atoms with E-state index >= 15 is 0 Å². The average molecular weight is 277 g/mol. The molecule has 8 heteroatoms. The fourth-order valence-corrected chi connectivity index (χ4v) is 1.38. The Morgan fingerprint density at radius 2 is 2.06 bits per heavy atom. The van der Waals surface area contributed by atoms with E-state index in [4.69, 9.17) is 5.73 Å². The van der Waals surface area contributed by atoms with Gasteiger partial charge >= 0.3 is 6.18 Å². The van der Waals surface area contributed by atoms with Crippen molar-refractivity contribution in [3.05, 3.63) is 0 Å². The summed E-state index contributed by atoms with van der Waals surface area (Å²) in [4.78, 5) is 11.2. The molecule has 0 aromatic carbocycles. The molecule has 1 fully saturated rings. The lowest BCUT2D eigenvalue weighted by Crippen LogP contribution is -2.43. The van der Waals surface area contributed by atoms with Crippen molar-refractivity contribution >= 4 is 18.3 Å². The Kier molecular flexibility index (Phi) is 6.81. The summed E-state index contributed by atoms with van der Waals surface area (Å²) in [5.74, 6) is -0.178. The fourth-order valence-electron chi connectivity index (χ4n) is 1.38. The van der Waals surface area contributed by atoms with E-state index in [0.717, 1.165) is 12.8 Å². The van der Waals surface area contributed by atoms with Gasteiger partial charge in [-0.2, -0.15) is 13.2 Å². The molecule has 1 aliphatic carbocycles. The van der Waals surface area contributed by atoms with Crippen LogP contribution in [0.4, 0.5) is 13.2 Å². The molecule has 17 heavy (non-hydrogen) atoms. The number of amides is 1. The lowest BCUT2D eigenvalue weighted by molar-refractivity contribution is -0.175. The van der Waals surface area contributed by atoms with Crippen LogP contribution in [0.3, 0.4) is 0 Å². The predicted molar refractivity (Wildman–Crippen MR) is 57.8 cm³/mol. The van der Waals surface area contributed by atoms with Crippen LogP contribution in [0.25, 0.3) is 0 Å². The summed E-state index contributed by atoms with van der Waals surface area (Å²) in [5.41, 5.74) is 5.42. The van der Waals surface area contributed by atoms with Crippen LogP contribution < -0.4 is 11.1 Å². The molecule has 0 aliphatic heterocycles. The third-order valence-electron chi connectivity index (χ3n) is 2.29. The Labute approximate surface area is 103 Å². The molecule has 0 saturated heterocycles. The number of hydrogen-bond donors (Lipinski definition) is 2. The van der Waals surface area contributed by atoms with Crippen LogP contribution >= 0.6 is 12.4 Å². The van der Waals surface area contributed by atoms with E-state index in [-0.39, 0.29) is 18.4 Å². The molecular weight excluding hydrogens is 261 g/mol. The zero-order valence-electron chi connectivity index (χ0n) is 9.13. The highest BCUT2D eigenvalue weighted by atomic mass is 35.5. The summed E-state index contributed by atoms with van der Waals surface area (Å²) in [5, 5.41) is 2.56. The molecule has 0 aromatic heterocycles. The molecule has 0 radical (unpaired) electrons. The van der Waals surface area contributed by atoms with Gasteiger partial charge in [-0.05, 0) is 18.8 Å². The first-order valence-corrected chi connectivity index (χ1v) is 5.06. The highest BCUT2D eigenvalue weighted by Crippen LogP contribution is 2.32. The quantitative estimate of drug-likeness (QED) is 0.756. The van der Waals surface area contributed by atoms with Crippen molar-refractivity contribution in [1.29, 1.82) is 0 Å². The van der Waals surface area contributed by atoms with E-state index in [0.29, 0.717) is 12.5 Å². The Bertz CT molecular complexity index is 247. The molecule has 0 heterocycles. The molecule has 3 N–H and O–H groups in total. The van der Waals surface area contributed by atoms with Gasteiger partial charge in [-0.25, -0.2) is 0 Å². The maximum Gasteiger partial charge on any atom is 0.411 e. The lowest BCUT2D eigenvalue weighted by atomic mass is 10.2. The first-order chi connectivity index (χ1) is 7.42. The molecule has 0 spiro atoms. The minimum atomic E-state index is -4.40. The van der Waals surface area contributed by atoms with Gasteiger partial charge in [0.15, 0.2) is 0 Å². The second kappa shape index (κ2) is 7.03. The van der Waals surface area contributed by atoms with Crippen molar-refractivity contribution in [1.82, 2.24) is 5.32 Å². The number of nitrogens with two attached hydrogens (primary N) is 1. The van der Waals surface area contributed by atoms with Crippen molar-refractivity contribution in [2.45, 2.75) is 25.1 Å². The van der Waals surface area contributed by atoms with Crippen LogP contribution in [0.2, 0.25) is 0 Å². The highest BCUT2D eigenvalue weighted by Gasteiger charge is 2.32. The van der Waals surface area contributed by atoms with E-state index in [1.54, 1.807) is 0 Å². The number of alkyl halides is 3. The van der Waals surface area contributed by atoms with Crippen LogP contribution in [0.1, 0.15) is 12.8 Å². The van der Waals surface area contributed by atoms with Gasteiger partial charge in [0.05, 0.1) is 0 Å². The first-order valence-electron chi connectivity index (χ1n) is 5.06. The van der Waals surface area contributed by atoms with Gasteiger partial charge in [0.1, 0.15) is 13.2 Å². The molecule has 0 aromatic rings. The average Bonchev–Trinajstić information content (AvgIpc) is 2.95. The smallest absolute Gasteiger partial charge is 0.362 e. The van der Waals surface area contributed by atoms with Crippen molar-refractivity contribution in [3.63, 3.8) is 0 Å². The number of ether oxygens (including phenoxy) is 1. The Hall–Kier alpha value is -0.530. The van der Waals surface area contributed by atoms with Crippen LogP contribution in [0, 0.1) is 5.92 Å². The van der Waals surface area contributed by atoms with Crippen LogP contribution in [0.15, 0.2) is 0 Å². The number of hydrogen-bond acceptors (Lipinski definition) is 3. The zero-order valence-corrected chi connectivity index (χ0v) is 9.94. The molecule has 1 unspecified atom stereocenters. The molecule has 1 atom stereocenters. The largest absolute Gasteiger partial charge is 0.411 e. The normalized spacial score (nSPS) is 17.2.